The molecule has 2 heterocycles. The van der Waals surface area contributed by atoms with Crippen molar-refractivity contribution in [2.24, 2.45) is 0 Å². The number of piperazine rings is 1. The summed E-state index contributed by atoms with van der Waals surface area (Å²) in [7, 11) is 3.45. The van der Waals surface area contributed by atoms with E-state index in [1.807, 2.05) is 12.1 Å². The Morgan fingerprint density at radius 1 is 1.07 bits per heavy atom. The zero-order valence-electron chi connectivity index (χ0n) is 16.5. The molecule has 4 nitrogen and oxygen atoms in total. The Morgan fingerprint density at radius 3 is 2.54 bits per heavy atom. The van der Waals surface area contributed by atoms with Crippen LogP contribution in [0.15, 0.2) is 18.2 Å². The van der Waals surface area contributed by atoms with E-state index in [2.05, 4.69) is 22.8 Å². The minimum atomic E-state index is 0.261. The van der Waals surface area contributed by atoms with Crippen molar-refractivity contribution < 1.29 is 10.2 Å². The second-order valence-electron chi connectivity index (χ2n) is 7.40. The molecule has 1 aromatic carbocycles. The average Bonchev–Trinajstić information content (AvgIpc) is 3.08. The van der Waals surface area contributed by atoms with Crippen LogP contribution in [0.5, 0.6) is 5.75 Å². The van der Waals surface area contributed by atoms with Crippen molar-refractivity contribution >= 4 is 32.9 Å². The minimum absolute atomic E-state index is 0.261. The molecule has 2 aromatic rings. The lowest BCUT2D eigenvalue weighted by Gasteiger charge is -2.34. The predicted molar refractivity (Wildman–Crippen MR) is 122 cm³/mol. The van der Waals surface area contributed by atoms with Crippen molar-refractivity contribution in [1.82, 2.24) is 9.80 Å². The Labute approximate surface area is 180 Å². The molecule has 1 aliphatic rings. The molecule has 28 heavy (non-hydrogen) atoms. The summed E-state index contributed by atoms with van der Waals surface area (Å²) in [4.78, 5) is 6.08. The number of nitrogens with zero attached hydrogens (tertiary/aromatic N) is 2. The van der Waals surface area contributed by atoms with Crippen LogP contribution in [0.4, 0.5) is 0 Å². The maximum Gasteiger partial charge on any atom is 0.120 e. The van der Waals surface area contributed by atoms with Gasteiger partial charge in [-0.1, -0.05) is 46.2 Å². The van der Waals surface area contributed by atoms with Crippen molar-refractivity contribution in [3.05, 3.63) is 33.1 Å². The van der Waals surface area contributed by atoms with Gasteiger partial charge in [0, 0.05) is 51.4 Å². The monoisotopic (exact) mass is 438 g/mol. The van der Waals surface area contributed by atoms with Crippen LogP contribution in [0.25, 0.3) is 10.4 Å². The topological polar surface area (TPSA) is 46.9 Å². The van der Waals surface area contributed by atoms with Gasteiger partial charge in [0.15, 0.2) is 0 Å². The van der Waals surface area contributed by atoms with Crippen LogP contribution in [0.1, 0.15) is 37.3 Å². The largest absolute Gasteiger partial charge is 0.508 e. The first-order valence-electron chi connectivity index (χ1n) is 10.1. The second-order valence-corrected chi connectivity index (χ2v) is 10.2. The molecule has 154 valence electrons. The molecule has 0 atom stereocenters. The Kier molecular flexibility index (Phi) is 8.44. The lowest BCUT2D eigenvalue weighted by molar-refractivity contribution is 0.119. The van der Waals surface area contributed by atoms with E-state index in [0.717, 1.165) is 67.9 Å². The van der Waals surface area contributed by atoms with Gasteiger partial charge in [-0.25, -0.2) is 0 Å². The highest BCUT2D eigenvalue weighted by Gasteiger charge is 2.19. The SMILES string of the molecule is CCCCc1c(-c2ccc(O)c(CN3CCN(CCCO)CC3)c2)ssc1=S. The van der Waals surface area contributed by atoms with Crippen LogP contribution >= 0.6 is 32.9 Å². The maximum absolute atomic E-state index is 10.4. The van der Waals surface area contributed by atoms with Gasteiger partial charge in [-0.3, -0.25) is 4.90 Å². The number of hydrogen-bond acceptors (Lipinski definition) is 7. The molecule has 0 saturated carbocycles. The molecule has 1 fully saturated rings. The van der Waals surface area contributed by atoms with E-state index >= 15 is 0 Å². The zero-order valence-corrected chi connectivity index (χ0v) is 19.0. The molecular weight excluding hydrogens is 408 g/mol. The molecule has 1 aromatic heterocycles. The van der Waals surface area contributed by atoms with Gasteiger partial charge >= 0.3 is 0 Å². The Balaban J connectivity index is 1.70. The standard InChI is InChI=1S/C21H30N2O2S3/c1-2-3-5-18-20(27-28-21(18)26)16-6-7-19(25)17(14-16)15-23-11-9-22(10-12-23)8-4-13-24/h6-7,14,24-25H,2-5,8-13,15H2,1H3. The van der Waals surface area contributed by atoms with Gasteiger partial charge in [0.1, 0.15) is 9.57 Å². The van der Waals surface area contributed by atoms with Crippen LogP contribution in [0.2, 0.25) is 0 Å². The van der Waals surface area contributed by atoms with Gasteiger partial charge in [-0.2, -0.15) is 0 Å². The van der Waals surface area contributed by atoms with Crippen molar-refractivity contribution in [2.45, 2.75) is 39.2 Å². The first kappa shape index (κ1) is 21.9. The summed E-state index contributed by atoms with van der Waals surface area (Å²) in [5.41, 5.74) is 3.48. The number of benzene rings is 1. The van der Waals surface area contributed by atoms with E-state index < -0.39 is 0 Å². The van der Waals surface area contributed by atoms with E-state index in [4.69, 9.17) is 17.3 Å². The number of rotatable bonds is 9. The third-order valence-electron chi connectivity index (χ3n) is 5.33. The van der Waals surface area contributed by atoms with Gasteiger partial charge in [-0.15, -0.1) is 0 Å². The number of hydrogen-bond donors (Lipinski definition) is 2. The summed E-state index contributed by atoms with van der Waals surface area (Å²) in [6.07, 6.45) is 4.21. The molecule has 1 saturated heterocycles. The van der Waals surface area contributed by atoms with Crippen LogP contribution in [0, 0.1) is 3.82 Å². The molecule has 0 amide bonds. The highest BCUT2D eigenvalue weighted by molar-refractivity contribution is 7.80. The molecule has 7 heteroatoms. The van der Waals surface area contributed by atoms with Crippen LogP contribution < -0.4 is 0 Å². The number of phenols is 1. The van der Waals surface area contributed by atoms with Crippen molar-refractivity contribution in [2.75, 3.05) is 39.3 Å². The number of aromatic hydroxyl groups is 1. The van der Waals surface area contributed by atoms with E-state index in [-0.39, 0.29) is 6.61 Å². The Hall–Kier alpha value is -0.830. The lowest BCUT2D eigenvalue weighted by atomic mass is 10.0. The van der Waals surface area contributed by atoms with Gasteiger partial charge in [-0.05, 0) is 48.6 Å². The van der Waals surface area contributed by atoms with Crippen molar-refractivity contribution in [3.8, 4) is 16.2 Å². The summed E-state index contributed by atoms with van der Waals surface area (Å²) in [5, 5.41) is 19.4. The highest BCUT2D eigenvalue weighted by atomic mass is 32.9. The van der Waals surface area contributed by atoms with Crippen LogP contribution in [-0.4, -0.2) is 59.3 Å². The number of aliphatic hydroxyl groups excluding tert-OH is 1. The molecule has 0 radical (unpaired) electrons. The van der Waals surface area contributed by atoms with Crippen LogP contribution in [0.3, 0.4) is 0 Å². The average molecular weight is 439 g/mol. The molecule has 0 aliphatic carbocycles. The second kappa shape index (κ2) is 10.8. The van der Waals surface area contributed by atoms with Crippen molar-refractivity contribution in [1.29, 1.82) is 0 Å². The van der Waals surface area contributed by atoms with Gasteiger partial charge in [0.05, 0.1) is 4.88 Å². The van der Waals surface area contributed by atoms with E-state index in [9.17, 15) is 5.11 Å². The van der Waals surface area contributed by atoms with Crippen LogP contribution in [-0.2, 0) is 13.0 Å². The normalized spacial score (nSPS) is 15.9. The number of phenolic OH excluding ortho intramolecular Hbond substituents is 1. The van der Waals surface area contributed by atoms with Gasteiger partial charge < -0.3 is 15.1 Å². The fourth-order valence-corrected chi connectivity index (χ4v) is 6.62. The summed E-state index contributed by atoms with van der Waals surface area (Å²) < 4.78 is 1.02. The fraction of sp³-hybridized carbons (Fsp3) is 0.571. The molecule has 0 spiro atoms. The zero-order chi connectivity index (χ0) is 19.9. The molecular formula is C21H30N2O2S3. The molecule has 3 rings (SSSR count). The molecule has 0 bridgehead atoms. The smallest absolute Gasteiger partial charge is 0.120 e. The first-order chi connectivity index (χ1) is 13.6. The first-order valence-corrected chi connectivity index (χ1v) is 12.7. The van der Waals surface area contributed by atoms with Gasteiger partial charge in [0.2, 0.25) is 0 Å². The number of aliphatic hydroxyl groups is 1. The third kappa shape index (κ3) is 5.62. The predicted octanol–water partition coefficient (Wildman–Crippen LogP) is 4.75. The van der Waals surface area contributed by atoms with E-state index in [1.165, 1.54) is 22.4 Å². The minimum Gasteiger partial charge on any atom is -0.508 e. The quantitative estimate of drug-likeness (QED) is 0.437. The molecule has 2 N–H and O–H groups in total. The lowest BCUT2D eigenvalue weighted by Crippen LogP contribution is -2.46. The number of unbranched alkanes of at least 4 members (excludes halogenated alkanes) is 1. The Morgan fingerprint density at radius 2 is 1.82 bits per heavy atom. The van der Waals surface area contributed by atoms with Gasteiger partial charge in [0.25, 0.3) is 0 Å². The van der Waals surface area contributed by atoms with Crippen molar-refractivity contribution in [3.63, 3.8) is 0 Å². The van der Waals surface area contributed by atoms with E-state index in [1.54, 1.807) is 20.7 Å². The highest BCUT2D eigenvalue weighted by Crippen LogP contribution is 2.37. The molecule has 1 aliphatic heterocycles. The van der Waals surface area contributed by atoms with E-state index in [0.29, 0.717) is 5.75 Å². The summed E-state index contributed by atoms with van der Waals surface area (Å²) >= 11 is 5.57. The summed E-state index contributed by atoms with van der Waals surface area (Å²) in [6, 6.07) is 6.00. The third-order valence-corrected chi connectivity index (χ3v) is 8.53. The Bertz CT molecular complexity index is 810. The fourth-order valence-electron chi connectivity index (χ4n) is 3.62. The summed E-state index contributed by atoms with van der Waals surface area (Å²) in [6.45, 7) is 8.24. The summed E-state index contributed by atoms with van der Waals surface area (Å²) in [5.74, 6) is 0.375. The molecule has 0 unspecified atom stereocenters. The maximum atomic E-state index is 10.4.